The van der Waals surface area contributed by atoms with Gasteiger partial charge >= 0.3 is 6.03 Å². The average Bonchev–Trinajstić information content (AvgIpc) is 2.94. The maximum Gasteiger partial charge on any atom is 0.315 e. The fourth-order valence-corrected chi connectivity index (χ4v) is 3.27. The van der Waals surface area contributed by atoms with Gasteiger partial charge in [0.15, 0.2) is 0 Å². The van der Waals surface area contributed by atoms with Crippen LogP contribution in [0.25, 0.3) is 0 Å². The lowest BCUT2D eigenvalue weighted by atomic mass is 10.1. The van der Waals surface area contributed by atoms with Gasteiger partial charge in [0.05, 0.1) is 6.54 Å². The van der Waals surface area contributed by atoms with E-state index in [0.29, 0.717) is 19.6 Å². The summed E-state index contributed by atoms with van der Waals surface area (Å²) in [6.45, 7) is 5.97. The zero-order valence-corrected chi connectivity index (χ0v) is 14.0. The molecule has 2 aliphatic rings. The fraction of sp³-hybridized carbons (Fsp3) is 0.471. The Morgan fingerprint density at radius 1 is 1.17 bits per heavy atom. The number of nitrogens with one attached hydrogen (secondary N) is 2. The number of urea groups is 1. The molecular formula is C17H22N4O3. The van der Waals surface area contributed by atoms with E-state index in [1.54, 1.807) is 4.90 Å². The standard InChI is InChI=1S/C17H22N4O3/c1-11-5-12(2)7-13(6-11)9-20-3-4-21(10-15(20)22)16(23)14-8-18-17(24)19-14/h5-7,14H,3-4,8-10H2,1-2H3,(H2,18,19,24). The van der Waals surface area contributed by atoms with E-state index < -0.39 is 6.04 Å². The number of hydrogen-bond donors (Lipinski definition) is 2. The van der Waals surface area contributed by atoms with Crippen LogP contribution in [0.15, 0.2) is 18.2 Å². The summed E-state index contributed by atoms with van der Waals surface area (Å²) in [6, 6.07) is 5.35. The van der Waals surface area contributed by atoms with E-state index in [1.165, 1.54) is 16.0 Å². The number of aryl methyl sites for hydroxylation is 2. The number of carbonyl (C=O) groups excluding carboxylic acids is 3. The molecule has 0 aliphatic carbocycles. The lowest BCUT2D eigenvalue weighted by molar-refractivity contribution is -0.146. The minimum Gasteiger partial charge on any atom is -0.336 e. The van der Waals surface area contributed by atoms with Crippen molar-refractivity contribution in [2.45, 2.75) is 26.4 Å². The van der Waals surface area contributed by atoms with Crippen molar-refractivity contribution >= 4 is 17.8 Å². The Balaban J connectivity index is 1.60. The van der Waals surface area contributed by atoms with Crippen molar-refractivity contribution < 1.29 is 14.4 Å². The molecule has 2 aliphatic heterocycles. The van der Waals surface area contributed by atoms with E-state index in [4.69, 9.17) is 0 Å². The van der Waals surface area contributed by atoms with E-state index in [2.05, 4.69) is 28.8 Å². The van der Waals surface area contributed by atoms with Gasteiger partial charge in [-0.15, -0.1) is 0 Å². The molecule has 3 rings (SSSR count). The Kier molecular flexibility index (Phi) is 4.42. The molecule has 2 heterocycles. The fourth-order valence-electron chi connectivity index (χ4n) is 3.27. The zero-order valence-electron chi connectivity index (χ0n) is 14.0. The zero-order chi connectivity index (χ0) is 17.3. The SMILES string of the molecule is Cc1cc(C)cc(CN2CCN(C(=O)C3CNC(=O)N3)CC2=O)c1. The summed E-state index contributed by atoms with van der Waals surface area (Å²) >= 11 is 0. The number of benzene rings is 1. The van der Waals surface area contributed by atoms with Crippen LogP contribution in [0.2, 0.25) is 0 Å². The number of amides is 4. The second-order valence-corrected chi connectivity index (χ2v) is 6.48. The normalized spacial score (nSPS) is 20.8. The van der Waals surface area contributed by atoms with Crippen LogP contribution in [0.4, 0.5) is 4.79 Å². The van der Waals surface area contributed by atoms with Crippen LogP contribution in [-0.4, -0.2) is 59.9 Å². The van der Waals surface area contributed by atoms with Gasteiger partial charge in [-0.05, 0) is 19.4 Å². The second-order valence-electron chi connectivity index (χ2n) is 6.48. The molecule has 2 saturated heterocycles. The predicted octanol–water partition coefficient (Wildman–Crippen LogP) is 0.156. The number of hydrogen-bond acceptors (Lipinski definition) is 3. The molecule has 0 spiro atoms. The highest BCUT2D eigenvalue weighted by Gasteiger charge is 2.34. The predicted molar refractivity (Wildman–Crippen MR) is 88.2 cm³/mol. The Morgan fingerprint density at radius 3 is 2.46 bits per heavy atom. The molecule has 0 bridgehead atoms. The van der Waals surface area contributed by atoms with Crippen molar-refractivity contribution in [3.8, 4) is 0 Å². The molecule has 0 radical (unpaired) electrons. The van der Waals surface area contributed by atoms with Gasteiger partial charge in [0, 0.05) is 26.2 Å². The highest BCUT2D eigenvalue weighted by molar-refractivity contribution is 5.93. The Bertz CT molecular complexity index is 668. The average molecular weight is 330 g/mol. The van der Waals surface area contributed by atoms with Gasteiger partial charge in [0.1, 0.15) is 6.04 Å². The van der Waals surface area contributed by atoms with Crippen LogP contribution in [0.1, 0.15) is 16.7 Å². The maximum atomic E-state index is 12.4. The lowest BCUT2D eigenvalue weighted by Crippen LogP contribution is -2.55. The molecule has 1 aromatic carbocycles. The van der Waals surface area contributed by atoms with Gasteiger partial charge in [-0.1, -0.05) is 29.3 Å². The van der Waals surface area contributed by atoms with Crippen LogP contribution in [0.5, 0.6) is 0 Å². The van der Waals surface area contributed by atoms with E-state index in [0.717, 1.165) is 5.56 Å². The van der Waals surface area contributed by atoms with Gasteiger partial charge in [-0.2, -0.15) is 0 Å². The number of carbonyl (C=O) groups is 3. The van der Waals surface area contributed by atoms with Crippen molar-refractivity contribution in [2.24, 2.45) is 0 Å². The summed E-state index contributed by atoms with van der Waals surface area (Å²) in [4.78, 5) is 39.2. The first kappa shape index (κ1) is 16.3. The first-order valence-corrected chi connectivity index (χ1v) is 8.10. The molecule has 2 N–H and O–H groups in total. The molecular weight excluding hydrogens is 308 g/mol. The van der Waals surface area contributed by atoms with Crippen LogP contribution >= 0.6 is 0 Å². The largest absolute Gasteiger partial charge is 0.336 e. The highest BCUT2D eigenvalue weighted by atomic mass is 16.2. The van der Waals surface area contributed by atoms with Crippen molar-refractivity contribution in [3.63, 3.8) is 0 Å². The molecule has 2 fully saturated rings. The maximum absolute atomic E-state index is 12.4. The van der Waals surface area contributed by atoms with E-state index in [1.807, 2.05) is 13.8 Å². The third-order valence-corrected chi connectivity index (χ3v) is 4.36. The smallest absolute Gasteiger partial charge is 0.315 e. The van der Waals surface area contributed by atoms with Crippen molar-refractivity contribution in [3.05, 3.63) is 34.9 Å². The Morgan fingerprint density at radius 2 is 1.88 bits per heavy atom. The number of rotatable bonds is 3. The Labute approximate surface area is 141 Å². The molecule has 7 heteroatoms. The van der Waals surface area contributed by atoms with Crippen LogP contribution < -0.4 is 10.6 Å². The summed E-state index contributed by atoms with van der Waals surface area (Å²) in [5, 5.41) is 5.12. The molecule has 24 heavy (non-hydrogen) atoms. The first-order chi connectivity index (χ1) is 11.4. The van der Waals surface area contributed by atoms with Gasteiger partial charge in [0.25, 0.3) is 0 Å². The van der Waals surface area contributed by atoms with Crippen LogP contribution in [-0.2, 0) is 16.1 Å². The van der Waals surface area contributed by atoms with Crippen molar-refractivity contribution in [1.29, 1.82) is 0 Å². The molecule has 4 amide bonds. The summed E-state index contributed by atoms with van der Waals surface area (Å²) in [6.07, 6.45) is 0. The Hall–Kier alpha value is -2.57. The van der Waals surface area contributed by atoms with Gasteiger partial charge in [-0.25, -0.2) is 4.79 Å². The molecule has 1 atom stereocenters. The second kappa shape index (κ2) is 6.51. The molecule has 0 aromatic heterocycles. The molecule has 128 valence electrons. The van der Waals surface area contributed by atoms with Crippen molar-refractivity contribution in [1.82, 2.24) is 20.4 Å². The van der Waals surface area contributed by atoms with Crippen molar-refractivity contribution in [2.75, 3.05) is 26.2 Å². The summed E-state index contributed by atoms with van der Waals surface area (Å²) in [5.41, 5.74) is 3.46. The lowest BCUT2D eigenvalue weighted by Gasteiger charge is -2.35. The van der Waals surface area contributed by atoms with E-state index in [-0.39, 0.29) is 30.9 Å². The van der Waals surface area contributed by atoms with Crippen LogP contribution in [0.3, 0.4) is 0 Å². The number of nitrogens with zero attached hydrogens (tertiary/aromatic N) is 2. The third-order valence-electron chi connectivity index (χ3n) is 4.36. The highest BCUT2D eigenvalue weighted by Crippen LogP contribution is 2.14. The van der Waals surface area contributed by atoms with E-state index >= 15 is 0 Å². The summed E-state index contributed by atoms with van der Waals surface area (Å²) in [5.74, 6) is -0.265. The minimum atomic E-state index is -0.573. The molecule has 0 saturated carbocycles. The first-order valence-electron chi connectivity index (χ1n) is 8.10. The third kappa shape index (κ3) is 3.50. The quantitative estimate of drug-likeness (QED) is 0.828. The topological polar surface area (TPSA) is 81.8 Å². The minimum absolute atomic E-state index is 0.0639. The van der Waals surface area contributed by atoms with Gasteiger partial charge in [-0.3, -0.25) is 9.59 Å². The van der Waals surface area contributed by atoms with Gasteiger partial charge < -0.3 is 20.4 Å². The summed E-state index contributed by atoms with van der Waals surface area (Å²) in [7, 11) is 0. The number of piperazine rings is 1. The monoisotopic (exact) mass is 330 g/mol. The molecule has 7 nitrogen and oxygen atoms in total. The van der Waals surface area contributed by atoms with E-state index in [9.17, 15) is 14.4 Å². The van der Waals surface area contributed by atoms with Crippen LogP contribution in [0, 0.1) is 13.8 Å². The summed E-state index contributed by atoms with van der Waals surface area (Å²) < 4.78 is 0. The van der Waals surface area contributed by atoms with Gasteiger partial charge in [0.2, 0.25) is 11.8 Å². The molecule has 1 unspecified atom stereocenters. The molecule has 1 aromatic rings.